The minimum absolute atomic E-state index is 0.0793. The highest BCUT2D eigenvalue weighted by Crippen LogP contribution is 2.16. The fraction of sp³-hybridized carbons (Fsp3) is 0.231. The first-order chi connectivity index (χ1) is 8.70. The van der Waals surface area contributed by atoms with E-state index in [0.717, 1.165) is 5.56 Å². The molecule has 0 fully saturated rings. The summed E-state index contributed by atoms with van der Waals surface area (Å²) < 4.78 is 27.0. The first-order valence-electron chi connectivity index (χ1n) is 5.61. The molecule has 96 valence electrons. The minimum Gasteiger partial charge on any atom is -0.271 e. The zero-order valence-corrected chi connectivity index (χ0v) is 10.5. The lowest BCUT2D eigenvalue weighted by Crippen LogP contribution is -2.38. The lowest BCUT2D eigenvalue weighted by Gasteiger charge is -2.16. The number of nitrogens with two attached hydrogens (primary N) is 1. The number of thiophene rings is 1. The van der Waals surface area contributed by atoms with Gasteiger partial charge in [0.15, 0.2) is 0 Å². The van der Waals surface area contributed by atoms with Gasteiger partial charge in [-0.3, -0.25) is 11.3 Å². The molecule has 0 spiro atoms. The second kappa shape index (κ2) is 6.04. The molecule has 1 atom stereocenters. The minimum atomic E-state index is -0.527. The van der Waals surface area contributed by atoms with Gasteiger partial charge in [0.25, 0.3) is 0 Å². The van der Waals surface area contributed by atoms with E-state index in [0.29, 0.717) is 6.42 Å². The van der Waals surface area contributed by atoms with Gasteiger partial charge in [-0.05, 0) is 47.4 Å². The second-order valence-electron chi connectivity index (χ2n) is 4.10. The molecule has 0 aliphatic rings. The topological polar surface area (TPSA) is 38.0 Å². The van der Waals surface area contributed by atoms with E-state index in [4.69, 9.17) is 5.84 Å². The lowest BCUT2D eigenvalue weighted by molar-refractivity contribution is 0.485. The normalized spacial score (nSPS) is 12.6. The molecule has 1 unspecified atom stereocenters. The molecule has 0 saturated heterocycles. The Hall–Kier alpha value is -1.30. The van der Waals surface area contributed by atoms with Gasteiger partial charge in [-0.1, -0.05) is 6.07 Å². The maximum atomic E-state index is 13.5. The molecule has 1 aromatic carbocycles. The van der Waals surface area contributed by atoms with Crippen LogP contribution in [-0.4, -0.2) is 6.04 Å². The molecule has 0 saturated carbocycles. The maximum absolute atomic E-state index is 13.5. The van der Waals surface area contributed by atoms with Crippen molar-refractivity contribution in [2.75, 3.05) is 0 Å². The summed E-state index contributed by atoms with van der Waals surface area (Å²) in [6.45, 7) is 0. The molecular weight excluding hydrogens is 254 g/mol. The maximum Gasteiger partial charge on any atom is 0.129 e. The van der Waals surface area contributed by atoms with E-state index < -0.39 is 11.6 Å². The zero-order valence-electron chi connectivity index (χ0n) is 9.70. The molecule has 18 heavy (non-hydrogen) atoms. The SMILES string of the molecule is NNC(Cc1ccsc1)Cc1c(F)cccc1F. The Bertz CT molecular complexity index is 479. The Kier molecular flexibility index (Phi) is 4.41. The fourth-order valence-corrected chi connectivity index (χ4v) is 2.54. The first kappa shape index (κ1) is 13.1. The van der Waals surface area contributed by atoms with Crippen LogP contribution in [0.2, 0.25) is 0 Å². The molecule has 1 aromatic heterocycles. The second-order valence-corrected chi connectivity index (χ2v) is 4.88. The highest BCUT2D eigenvalue weighted by molar-refractivity contribution is 7.07. The van der Waals surface area contributed by atoms with E-state index in [1.54, 1.807) is 11.3 Å². The summed E-state index contributed by atoms with van der Waals surface area (Å²) in [5.41, 5.74) is 3.80. The third kappa shape index (κ3) is 3.13. The van der Waals surface area contributed by atoms with Crippen LogP contribution in [0.25, 0.3) is 0 Å². The van der Waals surface area contributed by atoms with Crippen LogP contribution >= 0.6 is 11.3 Å². The van der Waals surface area contributed by atoms with Crippen molar-refractivity contribution in [2.45, 2.75) is 18.9 Å². The van der Waals surface area contributed by atoms with Crippen molar-refractivity contribution >= 4 is 11.3 Å². The van der Waals surface area contributed by atoms with Crippen LogP contribution in [-0.2, 0) is 12.8 Å². The van der Waals surface area contributed by atoms with Gasteiger partial charge in [0.1, 0.15) is 11.6 Å². The third-order valence-corrected chi connectivity index (χ3v) is 3.54. The number of halogens is 2. The number of rotatable bonds is 5. The van der Waals surface area contributed by atoms with Gasteiger partial charge < -0.3 is 0 Å². The quantitative estimate of drug-likeness (QED) is 0.646. The van der Waals surface area contributed by atoms with Gasteiger partial charge >= 0.3 is 0 Å². The largest absolute Gasteiger partial charge is 0.271 e. The summed E-state index contributed by atoms with van der Waals surface area (Å²) in [6.07, 6.45) is 0.874. The Morgan fingerprint density at radius 1 is 1.17 bits per heavy atom. The molecule has 0 aliphatic heterocycles. The summed E-state index contributed by atoms with van der Waals surface area (Å²) in [5.74, 6) is 4.39. The summed E-state index contributed by atoms with van der Waals surface area (Å²) in [4.78, 5) is 0. The van der Waals surface area contributed by atoms with E-state index in [1.165, 1.54) is 18.2 Å². The van der Waals surface area contributed by atoms with Gasteiger partial charge in [-0.15, -0.1) is 0 Å². The summed E-state index contributed by atoms with van der Waals surface area (Å²) in [5, 5.41) is 3.97. The predicted molar refractivity (Wildman–Crippen MR) is 69.2 cm³/mol. The Balaban J connectivity index is 2.10. The summed E-state index contributed by atoms with van der Waals surface area (Å²) >= 11 is 1.59. The molecule has 0 aliphatic carbocycles. The van der Waals surface area contributed by atoms with Crippen LogP contribution in [0.15, 0.2) is 35.0 Å². The van der Waals surface area contributed by atoms with E-state index in [1.807, 2.05) is 16.8 Å². The third-order valence-electron chi connectivity index (χ3n) is 2.81. The molecule has 2 nitrogen and oxygen atoms in total. The van der Waals surface area contributed by atoms with Crippen LogP contribution in [0.1, 0.15) is 11.1 Å². The van der Waals surface area contributed by atoms with Crippen LogP contribution in [0, 0.1) is 11.6 Å². The van der Waals surface area contributed by atoms with Crippen LogP contribution < -0.4 is 11.3 Å². The van der Waals surface area contributed by atoms with Crippen molar-refractivity contribution in [3.05, 3.63) is 57.8 Å². The van der Waals surface area contributed by atoms with Gasteiger partial charge in [-0.2, -0.15) is 11.3 Å². The van der Waals surface area contributed by atoms with E-state index >= 15 is 0 Å². The lowest BCUT2D eigenvalue weighted by atomic mass is 10.0. The first-order valence-corrected chi connectivity index (χ1v) is 6.55. The number of hydrogen-bond acceptors (Lipinski definition) is 3. The van der Waals surface area contributed by atoms with E-state index in [9.17, 15) is 8.78 Å². The highest BCUT2D eigenvalue weighted by Gasteiger charge is 2.15. The Labute approximate surface area is 108 Å². The van der Waals surface area contributed by atoms with Crippen molar-refractivity contribution in [3.63, 3.8) is 0 Å². The molecular formula is C13H14F2N2S. The van der Waals surface area contributed by atoms with Crippen LogP contribution in [0.4, 0.5) is 8.78 Å². The monoisotopic (exact) mass is 268 g/mol. The predicted octanol–water partition coefficient (Wildman–Crippen LogP) is 2.64. The van der Waals surface area contributed by atoms with Gasteiger partial charge in [0, 0.05) is 11.6 Å². The molecule has 0 bridgehead atoms. The van der Waals surface area contributed by atoms with E-state index in [-0.39, 0.29) is 18.0 Å². The average molecular weight is 268 g/mol. The van der Waals surface area contributed by atoms with Crippen LogP contribution in [0.5, 0.6) is 0 Å². The van der Waals surface area contributed by atoms with Crippen molar-refractivity contribution in [2.24, 2.45) is 5.84 Å². The smallest absolute Gasteiger partial charge is 0.129 e. The summed E-state index contributed by atoms with van der Waals surface area (Å²) in [6, 6.07) is 5.67. The molecule has 3 N–H and O–H groups in total. The number of nitrogens with one attached hydrogen (secondary N) is 1. The molecule has 1 heterocycles. The van der Waals surface area contributed by atoms with Crippen molar-refractivity contribution in [1.29, 1.82) is 0 Å². The van der Waals surface area contributed by atoms with Crippen molar-refractivity contribution < 1.29 is 8.78 Å². The van der Waals surface area contributed by atoms with Crippen LogP contribution in [0.3, 0.4) is 0 Å². The average Bonchev–Trinajstić information content (AvgIpc) is 2.85. The zero-order chi connectivity index (χ0) is 13.0. The Morgan fingerprint density at radius 3 is 2.44 bits per heavy atom. The molecule has 0 amide bonds. The molecule has 2 aromatic rings. The van der Waals surface area contributed by atoms with E-state index in [2.05, 4.69) is 5.43 Å². The van der Waals surface area contributed by atoms with Gasteiger partial charge in [0.05, 0.1) is 0 Å². The van der Waals surface area contributed by atoms with Gasteiger partial charge in [0.2, 0.25) is 0 Å². The Morgan fingerprint density at radius 2 is 1.89 bits per heavy atom. The number of hydrazine groups is 1. The highest BCUT2D eigenvalue weighted by atomic mass is 32.1. The number of benzene rings is 1. The standard InChI is InChI=1S/C13H14F2N2S/c14-12-2-1-3-13(15)11(12)7-10(17-16)6-9-4-5-18-8-9/h1-5,8,10,17H,6-7,16H2. The number of hydrogen-bond donors (Lipinski definition) is 2. The van der Waals surface area contributed by atoms with Crippen molar-refractivity contribution in [3.8, 4) is 0 Å². The van der Waals surface area contributed by atoms with Crippen molar-refractivity contribution in [1.82, 2.24) is 5.43 Å². The molecule has 5 heteroatoms. The fourth-order valence-electron chi connectivity index (χ4n) is 1.86. The molecule has 0 radical (unpaired) electrons. The summed E-state index contributed by atoms with van der Waals surface area (Å²) in [7, 11) is 0. The van der Waals surface area contributed by atoms with Gasteiger partial charge in [-0.25, -0.2) is 8.78 Å². The molecule has 2 rings (SSSR count).